The predicted molar refractivity (Wildman–Crippen MR) is 83.5 cm³/mol. The van der Waals surface area contributed by atoms with Gasteiger partial charge in [-0.25, -0.2) is 0 Å². The molecule has 0 spiro atoms. The van der Waals surface area contributed by atoms with Gasteiger partial charge in [-0.3, -0.25) is 0 Å². The van der Waals surface area contributed by atoms with Crippen LogP contribution in [0.25, 0.3) is 21.9 Å². The first-order valence-corrected chi connectivity index (χ1v) is 6.58. The number of rotatable bonds is 1. The Morgan fingerprint density at radius 1 is 0.842 bits per heavy atom. The van der Waals surface area contributed by atoms with E-state index in [4.69, 9.17) is 17.3 Å². The van der Waals surface area contributed by atoms with Crippen molar-refractivity contribution in [3.63, 3.8) is 0 Å². The van der Waals surface area contributed by atoms with E-state index in [1.807, 2.05) is 42.5 Å². The van der Waals surface area contributed by atoms with Crippen LogP contribution in [0, 0.1) is 6.92 Å². The minimum Gasteiger partial charge on any atom is -0.398 e. The fraction of sp³-hybridized carbons (Fsp3) is 0.0588. The quantitative estimate of drug-likeness (QED) is 0.614. The molecule has 0 radical (unpaired) electrons. The van der Waals surface area contributed by atoms with E-state index in [0.717, 1.165) is 32.6 Å². The topological polar surface area (TPSA) is 26.0 Å². The maximum absolute atomic E-state index is 6.26. The van der Waals surface area contributed by atoms with E-state index >= 15 is 0 Å². The number of aryl methyl sites for hydroxylation is 1. The van der Waals surface area contributed by atoms with Crippen molar-refractivity contribution >= 4 is 28.1 Å². The molecule has 0 fully saturated rings. The van der Waals surface area contributed by atoms with Crippen molar-refractivity contribution in [2.75, 3.05) is 5.73 Å². The van der Waals surface area contributed by atoms with E-state index < -0.39 is 0 Å². The molecule has 0 aliphatic rings. The lowest BCUT2D eigenvalue weighted by Crippen LogP contribution is -1.91. The summed E-state index contributed by atoms with van der Waals surface area (Å²) in [6, 6.07) is 18.2. The molecular formula is C17H14ClN. The molecule has 94 valence electrons. The second-order valence-electron chi connectivity index (χ2n) is 4.73. The summed E-state index contributed by atoms with van der Waals surface area (Å²) in [5, 5.41) is 2.96. The van der Waals surface area contributed by atoms with Crippen molar-refractivity contribution < 1.29 is 0 Å². The second-order valence-corrected chi connectivity index (χ2v) is 5.14. The van der Waals surface area contributed by atoms with E-state index in [9.17, 15) is 0 Å². The van der Waals surface area contributed by atoms with Crippen LogP contribution in [-0.2, 0) is 0 Å². The van der Waals surface area contributed by atoms with Crippen LogP contribution in [0.4, 0.5) is 5.69 Å². The molecule has 0 aliphatic heterocycles. The molecule has 0 saturated heterocycles. The fourth-order valence-corrected chi connectivity index (χ4v) is 2.63. The van der Waals surface area contributed by atoms with Crippen molar-refractivity contribution in [1.29, 1.82) is 0 Å². The van der Waals surface area contributed by atoms with E-state index in [0.29, 0.717) is 0 Å². The molecule has 0 heterocycles. The zero-order valence-electron chi connectivity index (χ0n) is 10.7. The summed E-state index contributed by atoms with van der Waals surface area (Å²) in [5.74, 6) is 0. The van der Waals surface area contributed by atoms with Gasteiger partial charge in [-0.15, -0.1) is 0 Å². The van der Waals surface area contributed by atoms with Crippen LogP contribution in [0.2, 0.25) is 5.02 Å². The Hall–Kier alpha value is -1.99. The number of anilines is 1. The molecule has 0 saturated carbocycles. The fourth-order valence-electron chi connectivity index (χ4n) is 2.40. The van der Waals surface area contributed by atoms with E-state index in [-0.39, 0.29) is 0 Å². The van der Waals surface area contributed by atoms with Gasteiger partial charge >= 0.3 is 0 Å². The summed E-state index contributed by atoms with van der Waals surface area (Å²) >= 11 is 6.26. The minimum atomic E-state index is 0.769. The summed E-state index contributed by atoms with van der Waals surface area (Å²) in [6.45, 7) is 2.07. The number of halogens is 1. The lowest BCUT2D eigenvalue weighted by molar-refractivity contribution is 1.47. The van der Waals surface area contributed by atoms with E-state index in [1.54, 1.807) is 0 Å². The molecule has 0 aliphatic carbocycles. The lowest BCUT2D eigenvalue weighted by atomic mass is 9.96. The molecule has 2 N–H and O–H groups in total. The molecule has 0 amide bonds. The number of hydrogen-bond acceptors (Lipinski definition) is 1. The van der Waals surface area contributed by atoms with Gasteiger partial charge in [-0.05, 0) is 36.1 Å². The zero-order valence-corrected chi connectivity index (χ0v) is 11.4. The van der Waals surface area contributed by atoms with Gasteiger partial charge in [0.05, 0.1) is 0 Å². The highest BCUT2D eigenvalue weighted by atomic mass is 35.5. The van der Waals surface area contributed by atoms with Crippen molar-refractivity contribution in [1.82, 2.24) is 0 Å². The third-order valence-electron chi connectivity index (χ3n) is 3.37. The van der Waals surface area contributed by atoms with Crippen molar-refractivity contribution in [2.24, 2.45) is 0 Å². The molecule has 0 atom stereocenters. The molecule has 1 nitrogen and oxygen atoms in total. The number of hydrogen-bond donors (Lipinski definition) is 1. The number of fused-ring (bicyclic) bond motifs is 1. The largest absolute Gasteiger partial charge is 0.398 e. The van der Waals surface area contributed by atoms with Crippen LogP contribution in [0.1, 0.15) is 5.56 Å². The first kappa shape index (κ1) is 12.1. The van der Waals surface area contributed by atoms with Gasteiger partial charge in [0.2, 0.25) is 0 Å². The van der Waals surface area contributed by atoms with Crippen LogP contribution in [0.3, 0.4) is 0 Å². The highest BCUT2D eigenvalue weighted by Crippen LogP contribution is 2.35. The Morgan fingerprint density at radius 3 is 2.37 bits per heavy atom. The Bertz CT molecular complexity index is 762. The standard InChI is InChI=1S/C17H14ClN/c1-11-6-9-17(19)15(10-11)13-7-8-16(18)14-5-3-2-4-12(13)14/h2-10H,19H2,1H3. The van der Waals surface area contributed by atoms with Crippen molar-refractivity contribution in [3.05, 3.63) is 65.2 Å². The molecule has 0 aromatic heterocycles. The number of nitrogens with two attached hydrogens (primary N) is 1. The molecule has 0 unspecified atom stereocenters. The highest BCUT2D eigenvalue weighted by molar-refractivity contribution is 6.36. The summed E-state index contributed by atoms with van der Waals surface area (Å²) in [5.41, 5.74) is 10.3. The first-order chi connectivity index (χ1) is 9.16. The Labute approximate surface area is 117 Å². The minimum absolute atomic E-state index is 0.769. The maximum atomic E-state index is 6.26. The average Bonchev–Trinajstić information content (AvgIpc) is 2.43. The van der Waals surface area contributed by atoms with Gasteiger partial charge in [0.1, 0.15) is 0 Å². The highest BCUT2D eigenvalue weighted by Gasteiger charge is 2.09. The van der Waals surface area contributed by atoms with E-state index in [2.05, 4.69) is 19.1 Å². The first-order valence-electron chi connectivity index (χ1n) is 6.20. The Kier molecular flexibility index (Phi) is 2.92. The third kappa shape index (κ3) is 2.06. The summed E-state index contributed by atoms with van der Waals surface area (Å²) in [6.07, 6.45) is 0. The SMILES string of the molecule is Cc1ccc(N)c(-c2ccc(Cl)c3ccccc23)c1. The summed E-state index contributed by atoms with van der Waals surface area (Å²) < 4.78 is 0. The van der Waals surface area contributed by atoms with Gasteiger partial charge in [-0.1, -0.05) is 53.6 Å². The molecule has 2 heteroatoms. The van der Waals surface area contributed by atoms with Gasteiger partial charge in [0, 0.05) is 21.7 Å². The molecule has 3 aromatic carbocycles. The van der Waals surface area contributed by atoms with Gasteiger partial charge in [-0.2, -0.15) is 0 Å². The van der Waals surface area contributed by atoms with Crippen LogP contribution >= 0.6 is 11.6 Å². The van der Waals surface area contributed by atoms with Crippen molar-refractivity contribution in [3.8, 4) is 11.1 Å². The number of benzene rings is 3. The zero-order chi connectivity index (χ0) is 13.4. The Balaban J connectivity index is 2.37. The van der Waals surface area contributed by atoms with Crippen LogP contribution in [0.5, 0.6) is 0 Å². The molecule has 3 aromatic rings. The summed E-state index contributed by atoms with van der Waals surface area (Å²) in [4.78, 5) is 0. The molecular weight excluding hydrogens is 254 g/mol. The predicted octanol–water partition coefficient (Wildman–Crippen LogP) is 5.05. The average molecular weight is 268 g/mol. The van der Waals surface area contributed by atoms with Crippen LogP contribution < -0.4 is 5.73 Å². The molecule has 3 rings (SSSR count). The third-order valence-corrected chi connectivity index (χ3v) is 3.70. The van der Waals surface area contributed by atoms with Crippen LogP contribution in [-0.4, -0.2) is 0 Å². The normalized spacial score (nSPS) is 10.8. The maximum Gasteiger partial charge on any atom is 0.0484 e. The van der Waals surface area contributed by atoms with Gasteiger partial charge in [0.15, 0.2) is 0 Å². The smallest absolute Gasteiger partial charge is 0.0484 e. The van der Waals surface area contributed by atoms with E-state index in [1.165, 1.54) is 5.56 Å². The monoisotopic (exact) mass is 267 g/mol. The number of nitrogen functional groups attached to an aromatic ring is 1. The second kappa shape index (κ2) is 4.60. The molecule has 19 heavy (non-hydrogen) atoms. The molecule has 0 bridgehead atoms. The summed E-state index contributed by atoms with van der Waals surface area (Å²) in [7, 11) is 0. The Morgan fingerprint density at radius 2 is 1.58 bits per heavy atom. The van der Waals surface area contributed by atoms with Gasteiger partial charge in [0.25, 0.3) is 0 Å². The van der Waals surface area contributed by atoms with Gasteiger partial charge < -0.3 is 5.73 Å². The lowest BCUT2D eigenvalue weighted by Gasteiger charge is -2.11. The van der Waals surface area contributed by atoms with Crippen LogP contribution in [0.15, 0.2) is 54.6 Å². The van der Waals surface area contributed by atoms with Crippen molar-refractivity contribution in [2.45, 2.75) is 6.92 Å².